The summed E-state index contributed by atoms with van der Waals surface area (Å²) in [6.45, 7) is 0.139. The topological polar surface area (TPSA) is 84.1 Å². The van der Waals surface area contributed by atoms with Crippen LogP contribution in [0, 0.1) is 0 Å². The van der Waals surface area contributed by atoms with Crippen LogP contribution in [-0.2, 0) is 0 Å². The number of aromatic nitrogens is 2. The Morgan fingerprint density at radius 1 is 1.67 bits per heavy atom. The fourth-order valence-corrected chi connectivity index (χ4v) is 1.25. The quantitative estimate of drug-likeness (QED) is 0.262. The van der Waals surface area contributed by atoms with Crippen LogP contribution in [0.4, 0.5) is 5.95 Å². The van der Waals surface area contributed by atoms with Crippen LogP contribution in [0.15, 0.2) is 17.3 Å². The van der Waals surface area contributed by atoms with E-state index in [1.54, 1.807) is 12.3 Å². The monoisotopic (exact) mass is 186 g/mol. The fraction of sp³-hybridized carbons (Fsp3) is 0.333. The lowest BCUT2D eigenvalue weighted by Crippen LogP contribution is -2.10. The highest BCUT2D eigenvalue weighted by atomic mass is 32.2. The minimum absolute atomic E-state index is 0.139. The number of aliphatic hydroxyl groups is 1. The Bertz CT molecular complexity index is 245. The van der Waals surface area contributed by atoms with Crippen molar-refractivity contribution in [1.29, 1.82) is 0 Å². The molecule has 0 aromatic carbocycles. The number of hydrogen-bond acceptors (Lipinski definition) is 6. The third-order valence-corrected chi connectivity index (χ3v) is 2.01. The molecule has 4 N–H and O–H groups in total. The highest BCUT2D eigenvalue weighted by molar-refractivity contribution is 7.99. The van der Waals surface area contributed by atoms with Crippen LogP contribution >= 0.6 is 11.8 Å². The molecule has 0 atom stereocenters. The van der Waals surface area contributed by atoms with Gasteiger partial charge in [-0.25, -0.2) is 15.8 Å². The summed E-state index contributed by atoms with van der Waals surface area (Å²) in [5, 5.41) is 9.35. The highest BCUT2D eigenvalue weighted by Crippen LogP contribution is 2.14. The third kappa shape index (κ3) is 2.65. The first kappa shape index (κ1) is 9.24. The van der Waals surface area contributed by atoms with Gasteiger partial charge < -0.3 is 5.11 Å². The first-order valence-electron chi connectivity index (χ1n) is 3.40. The number of thioether (sulfide) groups is 1. The second-order valence-corrected chi connectivity index (χ2v) is 3.05. The Hall–Kier alpha value is -0.850. The van der Waals surface area contributed by atoms with Crippen molar-refractivity contribution in [3.63, 3.8) is 0 Å². The van der Waals surface area contributed by atoms with E-state index in [9.17, 15) is 0 Å². The van der Waals surface area contributed by atoms with E-state index in [4.69, 9.17) is 10.9 Å². The number of nitrogens with zero attached hydrogens (tertiary/aromatic N) is 2. The molecule has 0 saturated carbocycles. The van der Waals surface area contributed by atoms with Crippen LogP contribution < -0.4 is 11.3 Å². The molecule has 12 heavy (non-hydrogen) atoms. The van der Waals surface area contributed by atoms with Crippen LogP contribution in [0.5, 0.6) is 0 Å². The zero-order chi connectivity index (χ0) is 8.81. The first-order chi connectivity index (χ1) is 5.86. The highest BCUT2D eigenvalue weighted by Gasteiger charge is 1.96. The molecule has 1 heterocycles. The molecule has 0 amide bonds. The smallest absolute Gasteiger partial charge is 0.238 e. The van der Waals surface area contributed by atoms with E-state index in [0.717, 1.165) is 5.03 Å². The van der Waals surface area contributed by atoms with Crippen LogP contribution in [0.2, 0.25) is 0 Å². The molecule has 0 saturated heterocycles. The Balaban J connectivity index is 2.60. The second-order valence-electron chi connectivity index (χ2n) is 1.93. The molecule has 0 fully saturated rings. The minimum Gasteiger partial charge on any atom is -0.396 e. The van der Waals surface area contributed by atoms with Gasteiger partial charge in [0.05, 0.1) is 6.61 Å². The summed E-state index contributed by atoms with van der Waals surface area (Å²) in [7, 11) is 0. The van der Waals surface area contributed by atoms with Gasteiger partial charge in [-0.15, -0.1) is 11.8 Å². The number of aliphatic hydroxyl groups excluding tert-OH is 1. The van der Waals surface area contributed by atoms with E-state index in [2.05, 4.69) is 15.4 Å². The van der Waals surface area contributed by atoms with Crippen molar-refractivity contribution in [1.82, 2.24) is 9.97 Å². The zero-order valence-electron chi connectivity index (χ0n) is 6.40. The van der Waals surface area contributed by atoms with E-state index in [0.29, 0.717) is 11.7 Å². The Labute approximate surface area is 74.4 Å². The summed E-state index contributed by atoms with van der Waals surface area (Å²) in [5.74, 6) is 6.13. The number of hydrogen-bond donors (Lipinski definition) is 3. The van der Waals surface area contributed by atoms with Crippen molar-refractivity contribution in [2.24, 2.45) is 5.84 Å². The van der Waals surface area contributed by atoms with Crippen molar-refractivity contribution < 1.29 is 5.11 Å². The summed E-state index contributed by atoms with van der Waals surface area (Å²) in [6.07, 6.45) is 1.61. The molecule has 5 nitrogen and oxygen atoms in total. The summed E-state index contributed by atoms with van der Waals surface area (Å²) < 4.78 is 0. The normalized spacial score (nSPS) is 9.83. The van der Waals surface area contributed by atoms with Gasteiger partial charge in [-0.3, -0.25) is 5.43 Å². The number of nitrogen functional groups attached to an aromatic ring is 1. The average Bonchev–Trinajstić information content (AvgIpc) is 2.15. The molecular weight excluding hydrogens is 176 g/mol. The molecule has 0 aliphatic rings. The molecule has 1 aromatic heterocycles. The van der Waals surface area contributed by atoms with E-state index in [-0.39, 0.29) is 6.61 Å². The van der Waals surface area contributed by atoms with Crippen molar-refractivity contribution >= 4 is 17.7 Å². The molecule has 0 unspecified atom stereocenters. The number of rotatable bonds is 4. The number of nitrogens with two attached hydrogens (primary N) is 1. The summed E-state index contributed by atoms with van der Waals surface area (Å²) >= 11 is 1.45. The van der Waals surface area contributed by atoms with Crippen LogP contribution in [0.25, 0.3) is 0 Å². The molecule has 0 aliphatic heterocycles. The number of anilines is 1. The SMILES string of the molecule is NNc1nccc(SCCO)n1. The van der Waals surface area contributed by atoms with Crippen LogP contribution in [0.1, 0.15) is 0 Å². The predicted molar refractivity (Wildman–Crippen MR) is 47.7 cm³/mol. The van der Waals surface area contributed by atoms with E-state index in [1.807, 2.05) is 0 Å². The van der Waals surface area contributed by atoms with E-state index >= 15 is 0 Å². The van der Waals surface area contributed by atoms with Crippen molar-refractivity contribution in [3.05, 3.63) is 12.3 Å². The fourth-order valence-electron chi connectivity index (χ4n) is 0.642. The van der Waals surface area contributed by atoms with E-state index in [1.165, 1.54) is 11.8 Å². The van der Waals surface area contributed by atoms with Crippen molar-refractivity contribution in [3.8, 4) is 0 Å². The zero-order valence-corrected chi connectivity index (χ0v) is 7.21. The van der Waals surface area contributed by atoms with Gasteiger partial charge >= 0.3 is 0 Å². The Morgan fingerprint density at radius 2 is 2.50 bits per heavy atom. The minimum atomic E-state index is 0.139. The second kappa shape index (κ2) is 4.91. The van der Waals surface area contributed by atoms with Crippen LogP contribution in [-0.4, -0.2) is 27.4 Å². The third-order valence-electron chi connectivity index (χ3n) is 1.10. The maximum atomic E-state index is 8.55. The summed E-state index contributed by atoms with van der Waals surface area (Å²) in [5.41, 5.74) is 2.35. The van der Waals surface area contributed by atoms with Gasteiger partial charge in [-0.2, -0.15) is 0 Å². The van der Waals surface area contributed by atoms with Gasteiger partial charge in [0.1, 0.15) is 5.03 Å². The van der Waals surface area contributed by atoms with Gasteiger partial charge in [0, 0.05) is 11.9 Å². The van der Waals surface area contributed by atoms with Crippen molar-refractivity contribution in [2.75, 3.05) is 17.8 Å². The Kier molecular flexibility index (Phi) is 3.78. The largest absolute Gasteiger partial charge is 0.396 e. The van der Waals surface area contributed by atoms with Gasteiger partial charge in [0.25, 0.3) is 0 Å². The van der Waals surface area contributed by atoms with Crippen molar-refractivity contribution in [2.45, 2.75) is 5.03 Å². The molecule has 0 aliphatic carbocycles. The van der Waals surface area contributed by atoms with E-state index < -0.39 is 0 Å². The van der Waals surface area contributed by atoms with Gasteiger partial charge in [-0.1, -0.05) is 0 Å². The molecule has 0 spiro atoms. The maximum Gasteiger partial charge on any atom is 0.238 e. The molecular formula is C6H10N4OS. The molecule has 0 radical (unpaired) electrons. The van der Waals surface area contributed by atoms with Gasteiger partial charge in [0.2, 0.25) is 5.95 Å². The molecule has 0 bridgehead atoms. The van der Waals surface area contributed by atoms with Gasteiger partial charge in [-0.05, 0) is 6.07 Å². The first-order valence-corrected chi connectivity index (χ1v) is 4.38. The summed E-state index contributed by atoms with van der Waals surface area (Å²) in [4.78, 5) is 7.88. The molecule has 6 heteroatoms. The lowest BCUT2D eigenvalue weighted by atomic mass is 10.7. The molecule has 1 aromatic rings. The molecule has 66 valence electrons. The maximum absolute atomic E-state index is 8.55. The average molecular weight is 186 g/mol. The number of nitrogens with one attached hydrogen (secondary N) is 1. The van der Waals surface area contributed by atoms with Gasteiger partial charge in [0.15, 0.2) is 0 Å². The summed E-state index contributed by atoms with van der Waals surface area (Å²) in [6, 6.07) is 1.77. The lowest BCUT2D eigenvalue weighted by molar-refractivity contribution is 0.322. The standard InChI is InChI=1S/C6H10N4OS/c7-10-6-8-2-1-5(9-6)12-4-3-11/h1-2,11H,3-4,7H2,(H,8,9,10). The number of hydrazine groups is 1. The Morgan fingerprint density at radius 3 is 3.17 bits per heavy atom. The van der Waals surface area contributed by atoms with Crippen LogP contribution in [0.3, 0.4) is 0 Å². The predicted octanol–water partition coefficient (Wildman–Crippen LogP) is -0.153. The molecule has 1 rings (SSSR count). The lowest BCUT2D eigenvalue weighted by Gasteiger charge is -2.00.